The predicted molar refractivity (Wildman–Crippen MR) is 94.4 cm³/mol. The van der Waals surface area contributed by atoms with Crippen LogP contribution in [0.1, 0.15) is 11.1 Å². The summed E-state index contributed by atoms with van der Waals surface area (Å²) in [4.78, 5) is 0. The second-order valence-electron chi connectivity index (χ2n) is 5.33. The van der Waals surface area contributed by atoms with Crippen molar-refractivity contribution in [3.8, 4) is 0 Å². The zero-order valence-electron chi connectivity index (χ0n) is 11.6. The molecule has 112 valence electrons. The maximum absolute atomic E-state index is 10.7. The lowest BCUT2D eigenvalue weighted by Gasteiger charge is -2.31. The largest absolute Gasteiger partial charge is 0.377 e. The van der Waals surface area contributed by atoms with Gasteiger partial charge >= 0.3 is 0 Å². The molecule has 4 heteroatoms. The van der Waals surface area contributed by atoms with E-state index in [4.69, 9.17) is 0 Å². The molecule has 2 aromatic carbocycles. The Morgan fingerprint density at radius 1 is 0.545 bits per heavy atom. The van der Waals surface area contributed by atoms with Gasteiger partial charge in [-0.2, -0.15) is 0 Å². The van der Waals surface area contributed by atoms with Crippen molar-refractivity contribution in [1.29, 1.82) is 0 Å². The molecule has 1 aliphatic rings. The van der Waals surface area contributed by atoms with Gasteiger partial charge in [-0.25, -0.2) is 0 Å². The molecule has 0 aliphatic heterocycles. The molecular weight excluding hydrogens is 408 g/mol. The molecule has 0 radical (unpaired) electrons. The van der Waals surface area contributed by atoms with E-state index in [0.717, 1.165) is 20.1 Å². The zero-order chi connectivity index (χ0) is 15.8. The van der Waals surface area contributed by atoms with Gasteiger partial charge in [-0.1, -0.05) is 56.1 Å². The summed E-state index contributed by atoms with van der Waals surface area (Å²) in [5.74, 6) is 0. The van der Waals surface area contributed by atoms with E-state index in [1.807, 2.05) is 48.5 Å². The minimum absolute atomic E-state index is 0.751. The van der Waals surface area contributed by atoms with Gasteiger partial charge in [0.2, 0.25) is 0 Å². The first-order chi connectivity index (χ1) is 10.4. The molecule has 0 saturated heterocycles. The highest BCUT2D eigenvalue weighted by molar-refractivity contribution is 9.10. The van der Waals surface area contributed by atoms with Crippen molar-refractivity contribution < 1.29 is 10.2 Å². The molecule has 0 heterocycles. The fourth-order valence-corrected chi connectivity index (χ4v) is 2.97. The maximum Gasteiger partial charge on any atom is 0.127 e. The SMILES string of the molecule is OC1(c2ccc(Br)cc2)C=CC(O)(c2ccc(Br)cc2)C=C1. The average molecular weight is 422 g/mol. The van der Waals surface area contributed by atoms with Crippen molar-refractivity contribution in [2.24, 2.45) is 0 Å². The van der Waals surface area contributed by atoms with Crippen LogP contribution in [0.5, 0.6) is 0 Å². The Balaban J connectivity index is 1.92. The Morgan fingerprint density at radius 3 is 1.09 bits per heavy atom. The molecule has 0 fully saturated rings. The van der Waals surface area contributed by atoms with Gasteiger partial charge in [0.15, 0.2) is 0 Å². The normalized spacial score (nSPS) is 27.1. The lowest BCUT2D eigenvalue weighted by atomic mass is 9.82. The third kappa shape index (κ3) is 2.97. The molecule has 0 unspecified atom stereocenters. The van der Waals surface area contributed by atoms with Gasteiger partial charge in [-0.05, 0) is 59.7 Å². The lowest BCUT2D eigenvalue weighted by molar-refractivity contribution is 0.106. The van der Waals surface area contributed by atoms with Gasteiger partial charge in [-0.15, -0.1) is 0 Å². The van der Waals surface area contributed by atoms with Crippen LogP contribution in [0, 0.1) is 0 Å². The summed E-state index contributed by atoms with van der Waals surface area (Å²) in [6.45, 7) is 0. The van der Waals surface area contributed by atoms with E-state index in [0.29, 0.717) is 0 Å². The first kappa shape index (κ1) is 15.7. The van der Waals surface area contributed by atoms with Crippen molar-refractivity contribution in [2.75, 3.05) is 0 Å². The van der Waals surface area contributed by atoms with E-state index in [1.165, 1.54) is 0 Å². The van der Waals surface area contributed by atoms with Crippen LogP contribution in [-0.4, -0.2) is 10.2 Å². The molecule has 2 nitrogen and oxygen atoms in total. The average Bonchev–Trinajstić information content (AvgIpc) is 2.52. The Kier molecular flexibility index (Phi) is 4.12. The molecule has 3 rings (SSSR count). The molecule has 0 saturated carbocycles. The highest BCUT2D eigenvalue weighted by atomic mass is 79.9. The molecule has 0 aromatic heterocycles. The summed E-state index contributed by atoms with van der Waals surface area (Å²) in [7, 11) is 0. The molecule has 0 spiro atoms. The summed E-state index contributed by atoms with van der Waals surface area (Å²) in [6.07, 6.45) is 6.49. The second kappa shape index (κ2) is 5.78. The number of hydrogen-bond donors (Lipinski definition) is 2. The molecule has 2 aromatic rings. The van der Waals surface area contributed by atoms with Gasteiger partial charge in [0.1, 0.15) is 11.2 Å². The predicted octanol–water partition coefficient (Wildman–Crippen LogP) is 4.41. The molecule has 1 aliphatic carbocycles. The Hall–Kier alpha value is -1.20. The van der Waals surface area contributed by atoms with Crippen LogP contribution < -0.4 is 0 Å². The highest BCUT2D eigenvalue weighted by Gasteiger charge is 2.33. The summed E-state index contributed by atoms with van der Waals surface area (Å²) in [5, 5.41) is 21.5. The summed E-state index contributed by atoms with van der Waals surface area (Å²) < 4.78 is 1.91. The van der Waals surface area contributed by atoms with E-state index >= 15 is 0 Å². The van der Waals surface area contributed by atoms with Crippen LogP contribution in [0.3, 0.4) is 0 Å². The van der Waals surface area contributed by atoms with E-state index in [1.54, 1.807) is 24.3 Å². The summed E-state index contributed by atoms with van der Waals surface area (Å²) >= 11 is 6.76. The molecular formula is C18H14Br2O2. The number of hydrogen-bond acceptors (Lipinski definition) is 2. The smallest absolute Gasteiger partial charge is 0.127 e. The topological polar surface area (TPSA) is 40.5 Å². The third-order valence-corrected chi connectivity index (χ3v) is 4.85. The van der Waals surface area contributed by atoms with E-state index < -0.39 is 11.2 Å². The van der Waals surface area contributed by atoms with Crippen molar-refractivity contribution in [2.45, 2.75) is 11.2 Å². The van der Waals surface area contributed by atoms with Gasteiger partial charge in [0.05, 0.1) is 0 Å². The quantitative estimate of drug-likeness (QED) is 0.705. The summed E-state index contributed by atoms with van der Waals surface area (Å²) in [5.41, 5.74) is -0.910. The standard InChI is InChI=1S/C18H14Br2O2/c19-15-5-1-13(2-6-15)17(21)9-11-18(22,12-10-17)14-3-7-16(20)8-4-14/h1-12,21-22H. The Bertz CT molecular complexity index is 653. The zero-order valence-corrected chi connectivity index (χ0v) is 14.8. The molecule has 0 bridgehead atoms. The minimum atomic E-state index is -1.21. The summed E-state index contributed by atoms with van der Waals surface area (Å²) in [6, 6.07) is 14.9. The second-order valence-corrected chi connectivity index (χ2v) is 7.16. The van der Waals surface area contributed by atoms with Crippen LogP contribution in [0.2, 0.25) is 0 Å². The van der Waals surface area contributed by atoms with E-state index in [-0.39, 0.29) is 0 Å². The number of aliphatic hydroxyl groups is 2. The van der Waals surface area contributed by atoms with Gasteiger partial charge in [-0.3, -0.25) is 0 Å². The van der Waals surface area contributed by atoms with Crippen molar-refractivity contribution in [3.05, 3.63) is 92.9 Å². The lowest BCUT2D eigenvalue weighted by Crippen LogP contribution is -2.30. The van der Waals surface area contributed by atoms with Crippen LogP contribution in [0.4, 0.5) is 0 Å². The monoisotopic (exact) mass is 420 g/mol. The molecule has 0 atom stereocenters. The van der Waals surface area contributed by atoms with Crippen molar-refractivity contribution in [3.63, 3.8) is 0 Å². The van der Waals surface area contributed by atoms with Crippen molar-refractivity contribution >= 4 is 31.9 Å². The van der Waals surface area contributed by atoms with Crippen LogP contribution in [0.15, 0.2) is 81.8 Å². The van der Waals surface area contributed by atoms with Crippen molar-refractivity contribution in [1.82, 2.24) is 0 Å². The Labute approximate surface area is 146 Å². The molecule has 22 heavy (non-hydrogen) atoms. The fraction of sp³-hybridized carbons (Fsp3) is 0.111. The molecule has 2 N–H and O–H groups in total. The number of halogens is 2. The number of rotatable bonds is 2. The van der Waals surface area contributed by atoms with Gasteiger partial charge in [0, 0.05) is 8.95 Å². The van der Waals surface area contributed by atoms with Gasteiger partial charge < -0.3 is 10.2 Å². The van der Waals surface area contributed by atoms with Crippen LogP contribution in [-0.2, 0) is 11.2 Å². The van der Waals surface area contributed by atoms with E-state index in [9.17, 15) is 10.2 Å². The highest BCUT2D eigenvalue weighted by Crippen LogP contribution is 2.36. The third-order valence-electron chi connectivity index (χ3n) is 3.80. The number of benzene rings is 2. The first-order valence-electron chi connectivity index (χ1n) is 6.79. The van der Waals surface area contributed by atoms with Crippen LogP contribution >= 0.6 is 31.9 Å². The van der Waals surface area contributed by atoms with Crippen LogP contribution in [0.25, 0.3) is 0 Å². The fourth-order valence-electron chi connectivity index (χ4n) is 2.44. The van der Waals surface area contributed by atoms with Gasteiger partial charge in [0.25, 0.3) is 0 Å². The first-order valence-corrected chi connectivity index (χ1v) is 8.38. The van der Waals surface area contributed by atoms with E-state index in [2.05, 4.69) is 31.9 Å². The maximum atomic E-state index is 10.7. The molecule has 0 amide bonds. The minimum Gasteiger partial charge on any atom is -0.377 e. The Morgan fingerprint density at radius 2 is 0.818 bits per heavy atom.